The van der Waals surface area contributed by atoms with Crippen LogP contribution < -0.4 is 10.6 Å². The Bertz CT molecular complexity index is 640. The van der Waals surface area contributed by atoms with Gasteiger partial charge in [-0.3, -0.25) is 9.59 Å². The van der Waals surface area contributed by atoms with E-state index >= 15 is 0 Å². The normalized spacial score (nSPS) is 17.8. The summed E-state index contributed by atoms with van der Waals surface area (Å²) in [6.45, 7) is 0.414. The van der Waals surface area contributed by atoms with Crippen LogP contribution >= 0.6 is 11.3 Å². The largest absolute Gasteiger partial charge is 0.355 e. The highest BCUT2D eigenvalue weighted by molar-refractivity contribution is 7.13. The highest BCUT2D eigenvalue weighted by atomic mass is 32.1. The monoisotopic (exact) mass is 287 g/mol. The Morgan fingerprint density at radius 2 is 2.35 bits per heavy atom. The molecule has 1 aromatic carbocycles. The quantitative estimate of drug-likeness (QED) is 0.905. The third-order valence-corrected chi connectivity index (χ3v) is 3.98. The van der Waals surface area contributed by atoms with Gasteiger partial charge in [0.15, 0.2) is 0 Å². The van der Waals surface area contributed by atoms with Crippen molar-refractivity contribution < 1.29 is 9.59 Å². The van der Waals surface area contributed by atoms with Gasteiger partial charge in [0.1, 0.15) is 5.01 Å². The number of amides is 2. The Labute approximate surface area is 120 Å². The molecule has 1 aliphatic rings. The molecule has 0 radical (unpaired) electrons. The summed E-state index contributed by atoms with van der Waals surface area (Å²) in [6.07, 6.45) is 2.01. The summed E-state index contributed by atoms with van der Waals surface area (Å²) in [7, 11) is 0. The number of carbonyl (C=O) groups excluding carboxylic acids is 2. The molecule has 1 fully saturated rings. The van der Waals surface area contributed by atoms with Gasteiger partial charge in [-0.25, -0.2) is 4.98 Å². The van der Waals surface area contributed by atoms with Gasteiger partial charge in [-0.2, -0.15) is 0 Å². The Balaban J connectivity index is 1.73. The van der Waals surface area contributed by atoms with Gasteiger partial charge in [0.25, 0.3) is 0 Å². The molecule has 0 aliphatic carbocycles. The molecule has 102 valence electrons. The number of rotatable bonds is 3. The van der Waals surface area contributed by atoms with E-state index in [0.717, 1.165) is 16.3 Å². The van der Waals surface area contributed by atoms with Crippen LogP contribution in [-0.4, -0.2) is 23.3 Å². The summed E-state index contributed by atoms with van der Waals surface area (Å²) < 4.78 is 0. The summed E-state index contributed by atoms with van der Waals surface area (Å²) in [4.78, 5) is 27.4. The fourth-order valence-corrected chi connectivity index (χ4v) is 2.77. The van der Waals surface area contributed by atoms with Crippen LogP contribution in [0, 0.1) is 5.92 Å². The first-order chi connectivity index (χ1) is 9.72. The van der Waals surface area contributed by atoms with E-state index in [1.54, 1.807) is 17.5 Å². The van der Waals surface area contributed by atoms with Crippen molar-refractivity contribution in [3.05, 3.63) is 35.8 Å². The van der Waals surface area contributed by atoms with E-state index in [-0.39, 0.29) is 24.2 Å². The average Bonchev–Trinajstić information content (AvgIpc) is 3.10. The molecule has 5 nitrogen and oxygen atoms in total. The van der Waals surface area contributed by atoms with Crippen molar-refractivity contribution >= 4 is 28.8 Å². The van der Waals surface area contributed by atoms with Crippen LogP contribution in [0.5, 0.6) is 0 Å². The molecule has 20 heavy (non-hydrogen) atoms. The van der Waals surface area contributed by atoms with Crippen LogP contribution in [0.2, 0.25) is 0 Å². The lowest BCUT2D eigenvalue weighted by molar-refractivity contribution is -0.123. The molecule has 1 aliphatic heterocycles. The van der Waals surface area contributed by atoms with Crippen LogP contribution in [0.4, 0.5) is 5.69 Å². The van der Waals surface area contributed by atoms with E-state index in [4.69, 9.17) is 0 Å². The molecule has 1 unspecified atom stereocenters. The minimum absolute atomic E-state index is 0.0679. The standard InChI is InChI=1S/C14H13N3O2S/c18-12-7-10(8-16-12)13(19)17-11-3-1-2-9(6-11)14-15-4-5-20-14/h1-6,10H,7-8H2,(H,16,18)(H,17,19). The van der Waals surface area contributed by atoms with E-state index in [9.17, 15) is 9.59 Å². The number of carbonyl (C=O) groups is 2. The van der Waals surface area contributed by atoms with Crippen molar-refractivity contribution in [2.75, 3.05) is 11.9 Å². The van der Waals surface area contributed by atoms with Gasteiger partial charge in [0.05, 0.1) is 5.92 Å². The third-order valence-electron chi connectivity index (χ3n) is 3.16. The van der Waals surface area contributed by atoms with Crippen molar-refractivity contribution in [3.63, 3.8) is 0 Å². The molecule has 6 heteroatoms. The number of nitrogens with zero attached hydrogens (tertiary/aromatic N) is 1. The first-order valence-corrected chi connectivity index (χ1v) is 7.18. The first-order valence-electron chi connectivity index (χ1n) is 6.30. The molecule has 1 atom stereocenters. The highest BCUT2D eigenvalue weighted by Gasteiger charge is 2.27. The fraction of sp³-hybridized carbons (Fsp3) is 0.214. The molecular formula is C14H13N3O2S. The minimum Gasteiger partial charge on any atom is -0.355 e. The molecule has 2 amide bonds. The maximum atomic E-state index is 12.0. The van der Waals surface area contributed by atoms with Gasteiger partial charge in [-0.1, -0.05) is 12.1 Å². The van der Waals surface area contributed by atoms with Crippen molar-refractivity contribution in [3.8, 4) is 10.6 Å². The van der Waals surface area contributed by atoms with Crippen LogP contribution in [0.25, 0.3) is 10.6 Å². The zero-order valence-electron chi connectivity index (χ0n) is 10.6. The molecule has 0 spiro atoms. The smallest absolute Gasteiger partial charge is 0.229 e. The Hall–Kier alpha value is -2.21. The number of anilines is 1. The van der Waals surface area contributed by atoms with Gasteiger partial charge in [-0.05, 0) is 12.1 Å². The van der Waals surface area contributed by atoms with Gasteiger partial charge >= 0.3 is 0 Å². The second kappa shape index (κ2) is 5.42. The summed E-state index contributed by atoms with van der Waals surface area (Å²) in [6, 6.07) is 7.56. The second-order valence-corrected chi connectivity index (χ2v) is 5.51. The molecule has 1 aromatic heterocycles. The molecule has 2 heterocycles. The number of hydrogen-bond acceptors (Lipinski definition) is 4. The molecular weight excluding hydrogens is 274 g/mol. The van der Waals surface area contributed by atoms with Gasteiger partial charge in [0, 0.05) is 35.8 Å². The molecule has 3 rings (SSSR count). The van der Waals surface area contributed by atoms with E-state index in [1.807, 2.05) is 29.6 Å². The Kier molecular flexibility index (Phi) is 3.47. The van der Waals surface area contributed by atoms with E-state index in [0.29, 0.717) is 6.54 Å². The lowest BCUT2D eigenvalue weighted by Crippen LogP contribution is -2.24. The SMILES string of the molecule is O=C1CC(C(=O)Nc2cccc(-c3nccs3)c2)CN1. The van der Waals surface area contributed by atoms with Crippen LogP contribution in [-0.2, 0) is 9.59 Å². The molecule has 0 bridgehead atoms. The van der Waals surface area contributed by atoms with Gasteiger partial charge in [-0.15, -0.1) is 11.3 Å². The maximum absolute atomic E-state index is 12.0. The molecule has 1 saturated heterocycles. The zero-order chi connectivity index (χ0) is 13.9. The highest BCUT2D eigenvalue weighted by Crippen LogP contribution is 2.24. The van der Waals surface area contributed by atoms with E-state index in [2.05, 4.69) is 15.6 Å². The molecule has 2 N–H and O–H groups in total. The van der Waals surface area contributed by atoms with Crippen molar-refractivity contribution in [2.24, 2.45) is 5.92 Å². The fourth-order valence-electron chi connectivity index (χ4n) is 2.13. The topological polar surface area (TPSA) is 71.1 Å². The Morgan fingerprint density at radius 1 is 1.45 bits per heavy atom. The van der Waals surface area contributed by atoms with E-state index in [1.165, 1.54) is 0 Å². The van der Waals surface area contributed by atoms with Gasteiger partial charge < -0.3 is 10.6 Å². The third kappa shape index (κ3) is 2.70. The Morgan fingerprint density at radius 3 is 3.05 bits per heavy atom. The lowest BCUT2D eigenvalue weighted by Gasteiger charge is -2.09. The summed E-state index contributed by atoms with van der Waals surface area (Å²) in [5.41, 5.74) is 1.69. The second-order valence-electron chi connectivity index (χ2n) is 4.61. The average molecular weight is 287 g/mol. The van der Waals surface area contributed by atoms with Crippen LogP contribution in [0.1, 0.15) is 6.42 Å². The predicted octanol–water partition coefficient (Wildman–Crippen LogP) is 1.88. The number of hydrogen-bond donors (Lipinski definition) is 2. The zero-order valence-corrected chi connectivity index (χ0v) is 11.4. The molecule has 0 saturated carbocycles. The number of aromatic nitrogens is 1. The maximum Gasteiger partial charge on any atom is 0.229 e. The van der Waals surface area contributed by atoms with E-state index < -0.39 is 0 Å². The summed E-state index contributed by atoms with van der Waals surface area (Å²) in [5.74, 6) is -0.479. The lowest BCUT2D eigenvalue weighted by atomic mass is 10.1. The van der Waals surface area contributed by atoms with Crippen LogP contribution in [0.3, 0.4) is 0 Å². The first kappa shape index (κ1) is 12.8. The van der Waals surface area contributed by atoms with Gasteiger partial charge in [0.2, 0.25) is 11.8 Å². The number of benzene rings is 1. The summed E-state index contributed by atoms with van der Waals surface area (Å²) >= 11 is 1.55. The van der Waals surface area contributed by atoms with Crippen molar-refractivity contribution in [1.29, 1.82) is 0 Å². The predicted molar refractivity (Wildman–Crippen MR) is 77.3 cm³/mol. The minimum atomic E-state index is -0.286. The van der Waals surface area contributed by atoms with Crippen molar-refractivity contribution in [2.45, 2.75) is 6.42 Å². The van der Waals surface area contributed by atoms with Crippen molar-refractivity contribution in [1.82, 2.24) is 10.3 Å². The molecule has 2 aromatic rings. The number of nitrogens with one attached hydrogen (secondary N) is 2. The number of thiazole rings is 1. The van der Waals surface area contributed by atoms with Crippen LogP contribution in [0.15, 0.2) is 35.8 Å². The summed E-state index contributed by atoms with van der Waals surface area (Å²) in [5, 5.41) is 8.34.